The summed E-state index contributed by atoms with van der Waals surface area (Å²) in [6.07, 6.45) is 2.90. The molecule has 1 aliphatic rings. The van der Waals surface area contributed by atoms with E-state index in [9.17, 15) is 9.59 Å². The third-order valence-corrected chi connectivity index (χ3v) is 3.42. The minimum atomic E-state index is -0.401. The first-order valence-corrected chi connectivity index (χ1v) is 6.96. The first-order chi connectivity index (χ1) is 9.80. The number of nitrogen functional groups attached to an aromatic ring is 1. The van der Waals surface area contributed by atoms with Gasteiger partial charge in [0, 0.05) is 44.0 Å². The largest absolute Gasteiger partial charge is 0.382 e. The van der Waals surface area contributed by atoms with Crippen LogP contribution < -0.4 is 5.73 Å². The molecular weight excluding hydrogens is 270 g/mol. The van der Waals surface area contributed by atoms with E-state index in [0.717, 1.165) is 0 Å². The minimum absolute atomic E-state index is 0.105. The number of carbonyl (C=O) groups is 2. The Hall–Kier alpha value is -2.18. The van der Waals surface area contributed by atoms with Gasteiger partial charge in [-0.1, -0.05) is 20.8 Å². The monoisotopic (exact) mass is 291 g/mol. The molecule has 0 aromatic carbocycles. The highest BCUT2D eigenvalue weighted by Gasteiger charge is 2.31. The zero-order valence-corrected chi connectivity index (χ0v) is 12.7. The average molecular weight is 291 g/mol. The van der Waals surface area contributed by atoms with Crippen molar-refractivity contribution < 1.29 is 9.59 Å². The Morgan fingerprint density at radius 2 is 1.57 bits per heavy atom. The highest BCUT2D eigenvalue weighted by atomic mass is 16.2. The second-order valence-electron chi connectivity index (χ2n) is 6.12. The summed E-state index contributed by atoms with van der Waals surface area (Å²) < 4.78 is 0. The van der Waals surface area contributed by atoms with Crippen molar-refractivity contribution in [2.45, 2.75) is 20.8 Å². The van der Waals surface area contributed by atoms with Crippen molar-refractivity contribution >= 4 is 17.6 Å². The van der Waals surface area contributed by atoms with E-state index in [1.165, 1.54) is 12.4 Å². The maximum Gasteiger partial charge on any atom is 0.276 e. The lowest BCUT2D eigenvalue weighted by atomic mass is 9.94. The van der Waals surface area contributed by atoms with Gasteiger partial charge in [0.05, 0.1) is 0 Å². The van der Waals surface area contributed by atoms with Crippen molar-refractivity contribution in [1.82, 2.24) is 19.8 Å². The SMILES string of the molecule is CC(C)(C)C(=O)N1CCN(C(=O)c2nccnc2N)CC1. The highest BCUT2D eigenvalue weighted by molar-refractivity contribution is 5.96. The molecule has 7 heteroatoms. The molecule has 1 aromatic heterocycles. The van der Waals surface area contributed by atoms with E-state index < -0.39 is 5.41 Å². The van der Waals surface area contributed by atoms with E-state index >= 15 is 0 Å². The van der Waals surface area contributed by atoms with Gasteiger partial charge in [-0.2, -0.15) is 0 Å². The van der Waals surface area contributed by atoms with Crippen LogP contribution in [-0.4, -0.2) is 57.8 Å². The number of aromatic nitrogens is 2. The topological polar surface area (TPSA) is 92.4 Å². The molecule has 0 atom stereocenters. The molecule has 114 valence electrons. The Bertz CT molecular complexity index is 545. The van der Waals surface area contributed by atoms with Gasteiger partial charge in [0.25, 0.3) is 5.91 Å². The molecule has 2 heterocycles. The zero-order chi connectivity index (χ0) is 15.6. The molecule has 2 N–H and O–H groups in total. The third kappa shape index (κ3) is 3.29. The zero-order valence-electron chi connectivity index (χ0n) is 12.7. The van der Waals surface area contributed by atoms with Crippen LogP contribution in [0.4, 0.5) is 5.82 Å². The number of piperazine rings is 1. The lowest BCUT2D eigenvalue weighted by Crippen LogP contribution is -2.53. The van der Waals surface area contributed by atoms with Crippen LogP contribution in [0, 0.1) is 5.41 Å². The second-order valence-corrected chi connectivity index (χ2v) is 6.12. The fraction of sp³-hybridized carbons (Fsp3) is 0.571. The Balaban J connectivity index is 2.00. The molecule has 0 saturated carbocycles. The van der Waals surface area contributed by atoms with E-state index in [1.807, 2.05) is 20.8 Å². The molecule has 1 aliphatic heterocycles. The summed E-state index contributed by atoms with van der Waals surface area (Å²) >= 11 is 0. The first kappa shape index (κ1) is 15.2. The molecule has 21 heavy (non-hydrogen) atoms. The van der Waals surface area contributed by atoms with Gasteiger partial charge >= 0.3 is 0 Å². The van der Waals surface area contributed by atoms with Crippen molar-refractivity contribution in [1.29, 1.82) is 0 Å². The number of hydrogen-bond donors (Lipinski definition) is 1. The summed E-state index contributed by atoms with van der Waals surface area (Å²) in [6, 6.07) is 0. The van der Waals surface area contributed by atoms with Crippen LogP contribution >= 0.6 is 0 Å². The van der Waals surface area contributed by atoms with E-state index in [-0.39, 0.29) is 23.3 Å². The summed E-state index contributed by atoms with van der Waals surface area (Å²) in [7, 11) is 0. The molecular formula is C14H21N5O2. The molecule has 0 spiro atoms. The van der Waals surface area contributed by atoms with Crippen molar-refractivity contribution in [3.63, 3.8) is 0 Å². The quantitative estimate of drug-likeness (QED) is 0.808. The van der Waals surface area contributed by atoms with Crippen molar-refractivity contribution in [3.8, 4) is 0 Å². The average Bonchev–Trinajstić information content (AvgIpc) is 2.45. The predicted octanol–water partition coefficient (Wildman–Crippen LogP) is 0.389. The van der Waals surface area contributed by atoms with Crippen molar-refractivity contribution in [2.75, 3.05) is 31.9 Å². The highest BCUT2D eigenvalue weighted by Crippen LogP contribution is 2.19. The van der Waals surface area contributed by atoms with E-state index in [1.54, 1.807) is 9.80 Å². The smallest absolute Gasteiger partial charge is 0.276 e. The summed E-state index contributed by atoms with van der Waals surface area (Å²) in [5, 5.41) is 0. The fourth-order valence-corrected chi connectivity index (χ4v) is 2.25. The molecule has 0 radical (unpaired) electrons. The van der Waals surface area contributed by atoms with E-state index in [4.69, 9.17) is 5.73 Å². The van der Waals surface area contributed by atoms with Crippen LogP contribution in [0.25, 0.3) is 0 Å². The van der Waals surface area contributed by atoms with Gasteiger partial charge in [0.2, 0.25) is 5.91 Å². The molecule has 1 aromatic rings. The lowest BCUT2D eigenvalue weighted by Gasteiger charge is -2.37. The number of rotatable bonds is 1. The number of hydrogen-bond acceptors (Lipinski definition) is 5. The van der Waals surface area contributed by atoms with Crippen LogP contribution in [0.2, 0.25) is 0 Å². The molecule has 1 fully saturated rings. The number of anilines is 1. The minimum Gasteiger partial charge on any atom is -0.382 e. The molecule has 0 bridgehead atoms. The summed E-state index contributed by atoms with van der Waals surface area (Å²) in [4.78, 5) is 35.9. The Labute approximate surface area is 124 Å². The van der Waals surface area contributed by atoms with Gasteiger partial charge in [-0.3, -0.25) is 9.59 Å². The van der Waals surface area contributed by atoms with Crippen LogP contribution in [-0.2, 0) is 4.79 Å². The van der Waals surface area contributed by atoms with E-state index in [0.29, 0.717) is 26.2 Å². The molecule has 0 aliphatic carbocycles. The van der Waals surface area contributed by atoms with Crippen LogP contribution in [0.3, 0.4) is 0 Å². The van der Waals surface area contributed by atoms with Crippen LogP contribution in [0.15, 0.2) is 12.4 Å². The summed E-state index contributed by atoms with van der Waals surface area (Å²) in [5.74, 6) is 0.00720. The molecule has 7 nitrogen and oxygen atoms in total. The van der Waals surface area contributed by atoms with Gasteiger partial charge in [-0.05, 0) is 0 Å². The number of nitrogens with two attached hydrogens (primary N) is 1. The number of carbonyl (C=O) groups excluding carboxylic acids is 2. The fourth-order valence-electron chi connectivity index (χ4n) is 2.25. The van der Waals surface area contributed by atoms with Gasteiger partial charge in [-0.15, -0.1) is 0 Å². The van der Waals surface area contributed by atoms with Gasteiger partial charge in [0.15, 0.2) is 11.5 Å². The van der Waals surface area contributed by atoms with Crippen molar-refractivity contribution in [3.05, 3.63) is 18.1 Å². The Kier molecular flexibility index (Phi) is 4.11. The van der Waals surface area contributed by atoms with Gasteiger partial charge in [-0.25, -0.2) is 9.97 Å². The Morgan fingerprint density at radius 1 is 1.05 bits per heavy atom. The Morgan fingerprint density at radius 3 is 2.10 bits per heavy atom. The van der Waals surface area contributed by atoms with Gasteiger partial charge < -0.3 is 15.5 Å². The number of amides is 2. The first-order valence-electron chi connectivity index (χ1n) is 6.96. The van der Waals surface area contributed by atoms with Crippen LogP contribution in [0.5, 0.6) is 0 Å². The molecule has 2 rings (SSSR count). The van der Waals surface area contributed by atoms with Crippen LogP contribution in [0.1, 0.15) is 31.3 Å². The molecule has 0 unspecified atom stereocenters. The maximum atomic E-state index is 12.3. The normalized spacial score (nSPS) is 16.0. The second kappa shape index (κ2) is 5.67. The summed E-state index contributed by atoms with van der Waals surface area (Å²) in [6.45, 7) is 7.71. The van der Waals surface area contributed by atoms with Crippen molar-refractivity contribution in [2.24, 2.45) is 5.41 Å². The lowest BCUT2D eigenvalue weighted by molar-refractivity contribution is -0.140. The van der Waals surface area contributed by atoms with Gasteiger partial charge in [0.1, 0.15) is 0 Å². The third-order valence-electron chi connectivity index (χ3n) is 3.42. The summed E-state index contributed by atoms with van der Waals surface area (Å²) in [5.41, 5.74) is 5.45. The molecule has 1 saturated heterocycles. The molecule has 2 amide bonds. The number of nitrogens with zero attached hydrogens (tertiary/aromatic N) is 4. The maximum absolute atomic E-state index is 12.3. The predicted molar refractivity (Wildman–Crippen MR) is 78.4 cm³/mol. The standard InChI is InChI=1S/C14H21N5O2/c1-14(2,3)13(21)19-8-6-18(7-9-19)12(20)10-11(15)17-5-4-16-10/h4-5H,6-9H2,1-3H3,(H2,15,17). The van der Waals surface area contributed by atoms with E-state index in [2.05, 4.69) is 9.97 Å².